The molecule has 2 aromatic carbocycles. The standard InChI is InChI=1S/C28H34O7/c1-18(2)24(29)33-16-15-32-23-17-20(11-14-22(23)35-26(31)28(6,7)8)19-9-12-21(13-10-19)34-25(30)27(3,4)5/h9-14,17H,1,15-16H2,2-8H3. The molecule has 0 fully saturated rings. The summed E-state index contributed by atoms with van der Waals surface area (Å²) < 4.78 is 21.9. The fourth-order valence-corrected chi connectivity index (χ4v) is 2.52. The van der Waals surface area contributed by atoms with Crippen molar-refractivity contribution < 1.29 is 33.3 Å². The van der Waals surface area contributed by atoms with Gasteiger partial charge in [0.2, 0.25) is 0 Å². The smallest absolute Gasteiger partial charge is 0.333 e. The fourth-order valence-electron chi connectivity index (χ4n) is 2.52. The average molecular weight is 483 g/mol. The number of benzene rings is 2. The Kier molecular flexibility index (Phi) is 8.85. The molecule has 0 atom stereocenters. The molecular weight excluding hydrogens is 448 g/mol. The Hall–Kier alpha value is -3.61. The first-order valence-corrected chi connectivity index (χ1v) is 11.3. The second kappa shape index (κ2) is 11.2. The highest BCUT2D eigenvalue weighted by Gasteiger charge is 2.25. The van der Waals surface area contributed by atoms with Gasteiger partial charge in [-0.05, 0) is 83.9 Å². The number of carbonyl (C=O) groups excluding carboxylic acids is 3. The summed E-state index contributed by atoms with van der Waals surface area (Å²) in [5.74, 6) is -0.202. The van der Waals surface area contributed by atoms with Gasteiger partial charge in [-0.25, -0.2) is 4.79 Å². The Bertz CT molecular complexity index is 1080. The average Bonchev–Trinajstić information content (AvgIpc) is 2.76. The highest BCUT2D eigenvalue weighted by Crippen LogP contribution is 2.35. The Labute approximate surface area is 207 Å². The number of hydrogen-bond acceptors (Lipinski definition) is 7. The van der Waals surface area contributed by atoms with Crippen molar-refractivity contribution in [3.8, 4) is 28.4 Å². The monoisotopic (exact) mass is 482 g/mol. The van der Waals surface area contributed by atoms with Crippen LogP contribution in [0.1, 0.15) is 48.5 Å². The molecule has 0 heterocycles. The van der Waals surface area contributed by atoms with Crippen LogP contribution in [0.25, 0.3) is 11.1 Å². The van der Waals surface area contributed by atoms with Crippen molar-refractivity contribution >= 4 is 17.9 Å². The van der Waals surface area contributed by atoms with E-state index in [4.69, 9.17) is 18.9 Å². The number of carbonyl (C=O) groups is 3. The SMILES string of the molecule is C=C(C)C(=O)OCCOc1cc(-c2ccc(OC(=O)C(C)(C)C)cc2)ccc1OC(=O)C(C)(C)C. The van der Waals surface area contributed by atoms with Crippen LogP contribution < -0.4 is 14.2 Å². The van der Waals surface area contributed by atoms with Gasteiger partial charge in [-0.2, -0.15) is 0 Å². The van der Waals surface area contributed by atoms with Crippen molar-refractivity contribution in [2.45, 2.75) is 48.5 Å². The quantitative estimate of drug-likeness (QED) is 0.205. The van der Waals surface area contributed by atoms with E-state index in [1.807, 2.05) is 12.1 Å². The lowest BCUT2D eigenvalue weighted by Crippen LogP contribution is -2.25. The third kappa shape index (κ3) is 8.28. The van der Waals surface area contributed by atoms with E-state index in [-0.39, 0.29) is 24.9 Å². The van der Waals surface area contributed by atoms with Gasteiger partial charge >= 0.3 is 17.9 Å². The molecule has 0 aromatic heterocycles. The van der Waals surface area contributed by atoms with E-state index in [1.54, 1.807) is 78.8 Å². The van der Waals surface area contributed by atoms with Gasteiger partial charge in [0.05, 0.1) is 10.8 Å². The van der Waals surface area contributed by atoms with E-state index in [0.717, 1.165) is 11.1 Å². The first-order valence-electron chi connectivity index (χ1n) is 11.3. The zero-order valence-corrected chi connectivity index (χ0v) is 21.5. The molecular formula is C28H34O7. The summed E-state index contributed by atoms with van der Waals surface area (Å²) in [5.41, 5.74) is 0.622. The largest absolute Gasteiger partial charge is 0.486 e. The third-order valence-electron chi connectivity index (χ3n) is 4.69. The van der Waals surface area contributed by atoms with Gasteiger partial charge in [-0.3, -0.25) is 9.59 Å². The van der Waals surface area contributed by atoms with Gasteiger partial charge in [0.15, 0.2) is 11.5 Å². The molecule has 7 heteroatoms. The summed E-state index contributed by atoms with van der Waals surface area (Å²) in [5, 5.41) is 0. The molecule has 188 valence electrons. The molecule has 7 nitrogen and oxygen atoms in total. The molecule has 2 aromatic rings. The zero-order chi connectivity index (χ0) is 26.4. The molecule has 0 saturated carbocycles. The van der Waals surface area contributed by atoms with Crippen molar-refractivity contribution in [1.29, 1.82) is 0 Å². The summed E-state index contributed by atoms with van der Waals surface area (Å²) >= 11 is 0. The number of hydrogen-bond donors (Lipinski definition) is 0. The number of esters is 3. The minimum Gasteiger partial charge on any atom is -0.486 e. The highest BCUT2D eigenvalue weighted by atomic mass is 16.6. The van der Waals surface area contributed by atoms with E-state index in [2.05, 4.69) is 6.58 Å². The lowest BCUT2D eigenvalue weighted by atomic mass is 9.97. The van der Waals surface area contributed by atoms with Crippen LogP contribution in [-0.4, -0.2) is 31.1 Å². The first-order chi connectivity index (χ1) is 16.2. The maximum atomic E-state index is 12.4. The predicted octanol–water partition coefficient (Wildman–Crippen LogP) is 5.75. The third-order valence-corrected chi connectivity index (χ3v) is 4.69. The molecule has 0 bridgehead atoms. The topological polar surface area (TPSA) is 88.1 Å². The number of ether oxygens (including phenoxy) is 4. The zero-order valence-electron chi connectivity index (χ0n) is 21.5. The molecule has 35 heavy (non-hydrogen) atoms. The molecule has 0 amide bonds. The van der Waals surface area contributed by atoms with Crippen molar-refractivity contribution in [2.24, 2.45) is 10.8 Å². The summed E-state index contributed by atoms with van der Waals surface area (Å²) in [6.07, 6.45) is 0. The van der Waals surface area contributed by atoms with Crippen LogP contribution in [0.15, 0.2) is 54.6 Å². The minimum atomic E-state index is -0.701. The van der Waals surface area contributed by atoms with Crippen LogP contribution >= 0.6 is 0 Å². The molecule has 0 radical (unpaired) electrons. The number of rotatable bonds is 8. The van der Waals surface area contributed by atoms with Crippen LogP contribution in [-0.2, 0) is 19.1 Å². The van der Waals surface area contributed by atoms with Gasteiger partial charge in [0.25, 0.3) is 0 Å². The van der Waals surface area contributed by atoms with E-state index in [1.165, 1.54) is 0 Å². The fraction of sp³-hybridized carbons (Fsp3) is 0.393. The van der Waals surface area contributed by atoms with Crippen LogP contribution in [0, 0.1) is 10.8 Å². The Morgan fingerprint density at radius 2 is 1.29 bits per heavy atom. The first kappa shape index (κ1) is 27.6. The maximum Gasteiger partial charge on any atom is 0.333 e. The lowest BCUT2D eigenvalue weighted by Gasteiger charge is -2.19. The molecule has 0 saturated heterocycles. The molecule has 0 unspecified atom stereocenters. The van der Waals surface area contributed by atoms with E-state index in [0.29, 0.717) is 17.1 Å². The predicted molar refractivity (Wildman–Crippen MR) is 133 cm³/mol. The van der Waals surface area contributed by atoms with Gasteiger partial charge in [-0.15, -0.1) is 0 Å². The Balaban J connectivity index is 2.24. The van der Waals surface area contributed by atoms with Crippen LogP contribution in [0.3, 0.4) is 0 Å². The van der Waals surface area contributed by atoms with Gasteiger partial charge < -0.3 is 18.9 Å². The van der Waals surface area contributed by atoms with Crippen LogP contribution in [0.4, 0.5) is 0 Å². The van der Waals surface area contributed by atoms with Crippen molar-refractivity contribution in [1.82, 2.24) is 0 Å². The normalized spacial score (nSPS) is 11.4. The van der Waals surface area contributed by atoms with Crippen molar-refractivity contribution in [2.75, 3.05) is 13.2 Å². The van der Waals surface area contributed by atoms with Crippen LogP contribution in [0.5, 0.6) is 17.2 Å². The van der Waals surface area contributed by atoms with E-state index in [9.17, 15) is 14.4 Å². The van der Waals surface area contributed by atoms with Crippen molar-refractivity contribution in [3.63, 3.8) is 0 Å². The molecule has 0 spiro atoms. The van der Waals surface area contributed by atoms with Gasteiger partial charge in [0.1, 0.15) is 19.0 Å². The molecule has 0 aliphatic carbocycles. The Morgan fingerprint density at radius 1 is 0.743 bits per heavy atom. The highest BCUT2D eigenvalue weighted by molar-refractivity contribution is 5.86. The Morgan fingerprint density at radius 3 is 1.83 bits per heavy atom. The summed E-state index contributed by atoms with van der Waals surface area (Å²) in [6, 6.07) is 12.3. The van der Waals surface area contributed by atoms with Gasteiger partial charge in [0, 0.05) is 5.57 Å². The van der Waals surface area contributed by atoms with Gasteiger partial charge in [-0.1, -0.05) is 24.8 Å². The maximum absolute atomic E-state index is 12.4. The molecule has 0 aliphatic heterocycles. The molecule has 2 rings (SSSR count). The molecule has 0 N–H and O–H groups in total. The summed E-state index contributed by atoms with van der Waals surface area (Å²) in [4.78, 5) is 36.1. The van der Waals surface area contributed by atoms with Crippen molar-refractivity contribution in [3.05, 3.63) is 54.6 Å². The second-order valence-electron chi connectivity index (χ2n) is 10.2. The van der Waals surface area contributed by atoms with E-state index >= 15 is 0 Å². The molecule has 0 aliphatic rings. The lowest BCUT2D eigenvalue weighted by molar-refractivity contribution is -0.143. The summed E-state index contributed by atoms with van der Waals surface area (Å²) in [7, 11) is 0. The summed E-state index contributed by atoms with van der Waals surface area (Å²) in [6.45, 7) is 15.8. The van der Waals surface area contributed by atoms with E-state index < -0.39 is 22.8 Å². The van der Waals surface area contributed by atoms with Crippen LogP contribution in [0.2, 0.25) is 0 Å². The second-order valence-corrected chi connectivity index (χ2v) is 10.2. The minimum absolute atomic E-state index is 0.0103.